The molecule has 3 rings (SSSR count). The predicted octanol–water partition coefficient (Wildman–Crippen LogP) is 0.466. The Morgan fingerprint density at radius 3 is 2.29 bits per heavy atom. The molecule has 1 atom stereocenters. The molecule has 0 heterocycles. The van der Waals surface area contributed by atoms with Gasteiger partial charge in [0.15, 0.2) is 11.6 Å². The van der Waals surface area contributed by atoms with E-state index in [4.69, 9.17) is 0 Å². The molecule has 2 aromatic rings. The van der Waals surface area contributed by atoms with Crippen LogP contribution < -0.4 is 10.2 Å². The molecule has 0 radical (unpaired) electrons. The van der Waals surface area contributed by atoms with E-state index < -0.39 is 63.8 Å². The Balaban J connectivity index is 2.21. The largest absolute Gasteiger partial charge is 0.872 e. The SMILES string of the molecule is CC(=O)CCC(CO)c1c([O-])cc2c(c1[O-])C(=O)c1c(O)cc(O)cc1C2=O. The van der Waals surface area contributed by atoms with E-state index >= 15 is 0 Å². The van der Waals surface area contributed by atoms with Crippen molar-refractivity contribution in [3.8, 4) is 23.0 Å². The monoisotopic (exact) mass is 384 g/mol. The molecule has 1 aliphatic rings. The fourth-order valence-electron chi connectivity index (χ4n) is 3.45. The van der Waals surface area contributed by atoms with Crippen LogP contribution in [0, 0.1) is 0 Å². The summed E-state index contributed by atoms with van der Waals surface area (Å²) in [4.78, 5) is 36.7. The number of fused-ring (bicyclic) bond motifs is 2. The minimum absolute atomic E-state index is 0.0248. The third-order valence-electron chi connectivity index (χ3n) is 4.80. The van der Waals surface area contributed by atoms with Crippen molar-refractivity contribution in [3.05, 3.63) is 46.0 Å². The van der Waals surface area contributed by atoms with Crippen LogP contribution in [-0.2, 0) is 4.79 Å². The molecule has 0 fully saturated rings. The number of benzene rings is 2. The van der Waals surface area contributed by atoms with Gasteiger partial charge in [0.1, 0.15) is 17.3 Å². The lowest BCUT2D eigenvalue weighted by molar-refractivity contribution is -0.283. The number of hydrogen-bond acceptors (Lipinski definition) is 8. The number of phenolic OH excluding ortho intramolecular Hbond substituents is 2. The summed E-state index contributed by atoms with van der Waals surface area (Å²) < 4.78 is 0. The van der Waals surface area contributed by atoms with Crippen LogP contribution in [0.2, 0.25) is 0 Å². The highest BCUT2D eigenvalue weighted by Gasteiger charge is 2.34. The van der Waals surface area contributed by atoms with Crippen molar-refractivity contribution in [2.45, 2.75) is 25.7 Å². The maximum atomic E-state index is 12.9. The first kappa shape index (κ1) is 19.4. The highest BCUT2D eigenvalue weighted by atomic mass is 16.3. The normalized spacial score (nSPS) is 13.8. The molecule has 3 N–H and O–H groups in total. The molecule has 0 saturated heterocycles. The van der Waals surface area contributed by atoms with Gasteiger partial charge in [-0.15, -0.1) is 5.75 Å². The minimum atomic E-state index is -0.999. The van der Waals surface area contributed by atoms with E-state index in [0.29, 0.717) is 0 Å². The molecule has 28 heavy (non-hydrogen) atoms. The maximum absolute atomic E-state index is 12.9. The third kappa shape index (κ3) is 2.97. The molecule has 0 aromatic heterocycles. The summed E-state index contributed by atoms with van der Waals surface area (Å²) in [6.07, 6.45) is 0.0594. The van der Waals surface area contributed by atoms with E-state index in [2.05, 4.69) is 0 Å². The van der Waals surface area contributed by atoms with Crippen molar-refractivity contribution >= 4 is 17.3 Å². The Morgan fingerprint density at radius 2 is 1.68 bits per heavy atom. The molecule has 0 spiro atoms. The van der Waals surface area contributed by atoms with Gasteiger partial charge in [0.25, 0.3) is 0 Å². The molecule has 1 unspecified atom stereocenters. The van der Waals surface area contributed by atoms with Gasteiger partial charge in [0.2, 0.25) is 0 Å². The number of carbonyl (C=O) groups excluding carboxylic acids is 3. The van der Waals surface area contributed by atoms with Crippen molar-refractivity contribution in [2.24, 2.45) is 0 Å². The van der Waals surface area contributed by atoms with Crippen LogP contribution in [0.5, 0.6) is 23.0 Å². The quantitative estimate of drug-likeness (QED) is 0.572. The van der Waals surface area contributed by atoms with Crippen LogP contribution in [-0.4, -0.2) is 39.3 Å². The van der Waals surface area contributed by atoms with Crippen molar-refractivity contribution in [1.29, 1.82) is 0 Å². The Bertz CT molecular complexity index is 1020. The zero-order chi connectivity index (χ0) is 20.7. The van der Waals surface area contributed by atoms with Gasteiger partial charge < -0.3 is 30.3 Å². The summed E-state index contributed by atoms with van der Waals surface area (Å²) in [6.45, 7) is 0.739. The molecule has 0 amide bonds. The molecular weight excluding hydrogens is 368 g/mol. The average molecular weight is 384 g/mol. The second-order valence-corrected chi connectivity index (χ2v) is 6.71. The topological polar surface area (TPSA) is 158 Å². The lowest BCUT2D eigenvalue weighted by Crippen LogP contribution is -2.25. The number of ketones is 3. The molecule has 0 bridgehead atoms. The van der Waals surface area contributed by atoms with Crippen LogP contribution >= 0.6 is 0 Å². The molecular formula is C20H16O8-2. The van der Waals surface area contributed by atoms with Crippen LogP contribution in [0.25, 0.3) is 0 Å². The zero-order valence-corrected chi connectivity index (χ0v) is 14.8. The van der Waals surface area contributed by atoms with Crippen LogP contribution in [0.1, 0.15) is 63.1 Å². The fraction of sp³-hybridized carbons (Fsp3) is 0.250. The molecule has 0 saturated carbocycles. The van der Waals surface area contributed by atoms with Gasteiger partial charge in [0.05, 0.1) is 5.56 Å². The van der Waals surface area contributed by atoms with Gasteiger partial charge in [0, 0.05) is 41.7 Å². The van der Waals surface area contributed by atoms with Crippen molar-refractivity contribution in [1.82, 2.24) is 0 Å². The van der Waals surface area contributed by atoms with Crippen molar-refractivity contribution in [3.63, 3.8) is 0 Å². The Kier molecular flexibility index (Phi) is 4.82. The fourth-order valence-corrected chi connectivity index (χ4v) is 3.45. The number of phenols is 2. The van der Waals surface area contributed by atoms with Crippen molar-refractivity contribution < 1.29 is 39.9 Å². The van der Waals surface area contributed by atoms with E-state index in [0.717, 1.165) is 18.2 Å². The molecule has 8 nitrogen and oxygen atoms in total. The average Bonchev–Trinajstić information content (AvgIpc) is 2.60. The summed E-state index contributed by atoms with van der Waals surface area (Å²) in [7, 11) is 0. The smallest absolute Gasteiger partial charge is 0.197 e. The lowest BCUT2D eigenvalue weighted by Gasteiger charge is -2.32. The van der Waals surface area contributed by atoms with Gasteiger partial charge >= 0.3 is 0 Å². The van der Waals surface area contributed by atoms with Gasteiger partial charge in [-0.25, -0.2) is 0 Å². The first-order valence-corrected chi connectivity index (χ1v) is 8.47. The van der Waals surface area contributed by atoms with Gasteiger partial charge in [-0.2, -0.15) is 0 Å². The van der Waals surface area contributed by atoms with Crippen molar-refractivity contribution in [2.75, 3.05) is 6.61 Å². The predicted molar refractivity (Wildman–Crippen MR) is 91.7 cm³/mol. The van der Waals surface area contributed by atoms with E-state index in [9.17, 15) is 39.9 Å². The highest BCUT2D eigenvalue weighted by Crippen LogP contribution is 2.43. The van der Waals surface area contributed by atoms with Gasteiger partial charge in [-0.05, 0) is 19.4 Å². The first-order chi connectivity index (χ1) is 13.2. The third-order valence-corrected chi connectivity index (χ3v) is 4.80. The van der Waals surface area contributed by atoms with Gasteiger partial charge in [-0.1, -0.05) is 17.4 Å². The van der Waals surface area contributed by atoms with Crippen LogP contribution in [0.3, 0.4) is 0 Å². The number of aliphatic hydroxyl groups is 1. The molecule has 8 heteroatoms. The molecule has 0 aliphatic heterocycles. The highest BCUT2D eigenvalue weighted by molar-refractivity contribution is 6.30. The van der Waals surface area contributed by atoms with E-state index in [-0.39, 0.29) is 29.8 Å². The van der Waals surface area contributed by atoms with Crippen LogP contribution in [0.15, 0.2) is 18.2 Å². The zero-order valence-electron chi connectivity index (χ0n) is 14.8. The Hall–Kier alpha value is -3.39. The summed E-state index contributed by atoms with van der Waals surface area (Å²) in [5.41, 5.74) is -2.08. The standard InChI is InChI=1S/C20H18O8/c1-8(22)2-3-9(7-21)15-14(25)6-12-17(19(15)27)20(28)16-11(18(12)26)4-10(23)5-13(16)24/h4-6,9,21,23-25,27H,2-3,7H2,1H3/p-2. The Labute approximate surface area is 159 Å². The second-order valence-electron chi connectivity index (χ2n) is 6.71. The number of carbonyl (C=O) groups is 3. The van der Waals surface area contributed by atoms with Gasteiger partial charge in [-0.3, -0.25) is 9.59 Å². The summed E-state index contributed by atoms with van der Waals surface area (Å²) in [5.74, 6) is -5.89. The molecule has 146 valence electrons. The minimum Gasteiger partial charge on any atom is -0.872 e. The number of aromatic hydroxyl groups is 2. The number of hydrogen-bond donors (Lipinski definition) is 3. The molecule has 2 aromatic carbocycles. The summed E-state index contributed by atoms with van der Waals surface area (Å²) in [6, 6.07) is 2.70. The number of rotatable bonds is 5. The second kappa shape index (κ2) is 6.97. The Morgan fingerprint density at radius 1 is 1.04 bits per heavy atom. The summed E-state index contributed by atoms with van der Waals surface area (Å²) >= 11 is 0. The van der Waals surface area contributed by atoms with Crippen LogP contribution in [0.4, 0.5) is 0 Å². The lowest BCUT2D eigenvalue weighted by atomic mass is 9.79. The first-order valence-electron chi connectivity index (χ1n) is 8.47. The maximum Gasteiger partial charge on any atom is 0.197 e. The van der Waals surface area contributed by atoms with E-state index in [1.807, 2.05) is 0 Å². The molecule has 1 aliphatic carbocycles. The number of aliphatic hydroxyl groups excluding tert-OH is 1. The van der Waals surface area contributed by atoms with E-state index in [1.165, 1.54) is 6.92 Å². The van der Waals surface area contributed by atoms with E-state index in [1.54, 1.807) is 0 Å². The number of Topliss-reactive ketones (excluding diaryl/α,β-unsaturated/α-hetero) is 1. The summed E-state index contributed by atoms with van der Waals surface area (Å²) in [5, 5.41) is 54.6.